The summed E-state index contributed by atoms with van der Waals surface area (Å²) in [4.78, 5) is 13.6. The Kier molecular flexibility index (Phi) is 8.80. The maximum absolute atomic E-state index is 11.1. The van der Waals surface area contributed by atoms with Crippen LogP contribution in [-0.2, 0) is 30.8 Å². The molecule has 188 valence electrons. The van der Waals surface area contributed by atoms with Crippen molar-refractivity contribution in [1.29, 1.82) is 0 Å². The monoisotopic (exact) mass is 485 g/mol. The number of aliphatic carboxylic acids is 1. The van der Waals surface area contributed by atoms with Crippen LogP contribution in [0.15, 0.2) is 78.9 Å². The summed E-state index contributed by atoms with van der Waals surface area (Å²) in [5.41, 5.74) is 6.24. The van der Waals surface area contributed by atoms with Crippen molar-refractivity contribution in [2.75, 3.05) is 20.2 Å². The number of ether oxygens (including phenoxy) is 2. The quantitative estimate of drug-likeness (QED) is 0.337. The Morgan fingerprint density at radius 2 is 1.72 bits per heavy atom. The fraction of sp³-hybridized carbons (Fsp3) is 0.323. The average Bonchev–Trinajstić information content (AvgIpc) is 2.90. The van der Waals surface area contributed by atoms with Crippen LogP contribution in [0.2, 0.25) is 0 Å². The average molecular weight is 486 g/mol. The summed E-state index contributed by atoms with van der Waals surface area (Å²) in [7, 11) is 1.72. The van der Waals surface area contributed by atoms with Crippen molar-refractivity contribution >= 4 is 5.97 Å². The van der Waals surface area contributed by atoms with Crippen LogP contribution in [0.1, 0.15) is 47.1 Å². The largest absolute Gasteiger partial charge is 0.497 e. The van der Waals surface area contributed by atoms with E-state index in [1.165, 1.54) is 16.7 Å². The summed E-state index contributed by atoms with van der Waals surface area (Å²) in [5.74, 6) is 0.791. The summed E-state index contributed by atoms with van der Waals surface area (Å²) in [6, 6.07) is 22.8. The molecule has 1 aliphatic rings. The SMILES string of the molecule is CC=CC(CC(=O)O)c1ccc(OCc2ccc(CCN3CCc4cc(OC)ccc4C3)cc2)cc1. The molecule has 0 spiro atoms. The van der Waals surface area contributed by atoms with Crippen molar-refractivity contribution in [3.05, 3.63) is 107 Å². The van der Waals surface area contributed by atoms with Gasteiger partial charge < -0.3 is 14.6 Å². The first kappa shape index (κ1) is 25.5. The van der Waals surface area contributed by atoms with Gasteiger partial charge in [-0.2, -0.15) is 0 Å². The number of hydrogen-bond acceptors (Lipinski definition) is 4. The van der Waals surface area contributed by atoms with E-state index < -0.39 is 5.97 Å². The zero-order valence-electron chi connectivity index (χ0n) is 21.2. The lowest BCUT2D eigenvalue weighted by Gasteiger charge is -2.29. The van der Waals surface area contributed by atoms with Gasteiger partial charge in [0, 0.05) is 25.6 Å². The molecule has 3 aromatic rings. The van der Waals surface area contributed by atoms with E-state index in [9.17, 15) is 4.79 Å². The number of methoxy groups -OCH3 is 1. The highest BCUT2D eigenvalue weighted by Gasteiger charge is 2.16. The minimum absolute atomic E-state index is 0.0805. The standard InChI is InChI=1S/C31H35NO4/c1-3-4-26(20-31(33)34)25-9-12-29(13-10-25)36-22-24-7-5-23(6-8-24)15-17-32-18-16-27-19-30(35-2)14-11-28(27)21-32/h3-14,19,26H,15-18,20-22H2,1-2H3,(H,33,34). The predicted octanol–water partition coefficient (Wildman–Crippen LogP) is 6.01. The van der Waals surface area contributed by atoms with Crippen LogP contribution in [0.4, 0.5) is 0 Å². The number of nitrogens with zero attached hydrogens (tertiary/aromatic N) is 1. The molecule has 0 aromatic heterocycles. The molecular formula is C31H35NO4. The van der Waals surface area contributed by atoms with Gasteiger partial charge in [-0.05, 0) is 71.8 Å². The van der Waals surface area contributed by atoms with E-state index >= 15 is 0 Å². The topological polar surface area (TPSA) is 59.0 Å². The smallest absolute Gasteiger partial charge is 0.304 e. The number of carboxylic acid groups (broad SMARTS) is 1. The Morgan fingerprint density at radius 1 is 1.00 bits per heavy atom. The Labute approximate surface area is 214 Å². The molecule has 3 aromatic carbocycles. The molecule has 5 nitrogen and oxygen atoms in total. The molecule has 5 heteroatoms. The molecule has 0 bridgehead atoms. The van der Waals surface area contributed by atoms with Gasteiger partial charge in [-0.3, -0.25) is 9.69 Å². The Balaban J connectivity index is 1.25. The van der Waals surface area contributed by atoms with Crippen molar-refractivity contribution in [2.24, 2.45) is 0 Å². The lowest BCUT2D eigenvalue weighted by atomic mass is 9.95. The van der Waals surface area contributed by atoms with Crippen molar-refractivity contribution in [1.82, 2.24) is 4.90 Å². The Hall–Kier alpha value is -3.57. The van der Waals surface area contributed by atoms with Gasteiger partial charge in [0.25, 0.3) is 0 Å². The van der Waals surface area contributed by atoms with Crippen LogP contribution in [0.5, 0.6) is 11.5 Å². The Bertz CT molecular complexity index is 1170. The summed E-state index contributed by atoms with van der Waals surface area (Å²) in [5, 5.41) is 9.14. The number of carboxylic acids is 1. The normalized spacial score (nSPS) is 14.4. The molecule has 0 fully saturated rings. The van der Waals surface area contributed by atoms with Crippen LogP contribution in [0.25, 0.3) is 0 Å². The first-order valence-electron chi connectivity index (χ1n) is 12.6. The molecule has 0 amide bonds. The first-order valence-corrected chi connectivity index (χ1v) is 12.6. The number of carbonyl (C=O) groups is 1. The van der Waals surface area contributed by atoms with Gasteiger partial charge in [0.15, 0.2) is 0 Å². The van der Waals surface area contributed by atoms with Gasteiger partial charge in [0.1, 0.15) is 18.1 Å². The number of rotatable bonds is 11. The molecule has 0 saturated heterocycles. The lowest BCUT2D eigenvalue weighted by Crippen LogP contribution is -2.32. The van der Waals surface area contributed by atoms with Gasteiger partial charge >= 0.3 is 5.97 Å². The molecule has 1 unspecified atom stereocenters. The van der Waals surface area contributed by atoms with E-state index in [0.29, 0.717) is 6.61 Å². The molecule has 0 radical (unpaired) electrons. The van der Waals surface area contributed by atoms with E-state index in [2.05, 4.69) is 47.4 Å². The molecule has 4 rings (SSSR count). The highest BCUT2D eigenvalue weighted by atomic mass is 16.5. The number of benzene rings is 3. The molecule has 0 aliphatic carbocycles. The first-order chi connectivity index (χ1) is 17.5. The summed E-state index contributed by atoms with van der Waals surface area (Å²) in [6.45, 7) is 5.53. The third kappa shape index (κ3) is 6.98. The van der Waals surface area contributed by atoms with Gasteiger partial charge in [-0.15, -0.1) is 0 Å². The molecule has 36 heavy (non-hydrogen) atoms. The van der Waals surface area contributed by atoms with Crippen LogP contribution in [0, 0.1) is 0 Å². The second kappa shape index (κ2) is 12.4. The van der Waals surface area contributed by atoms with Crippen LogP contribution in [-0.4, -0.2) is 36.2 Å². The minimum Gasteiger partial charge on any atom is -0.497 e. The third-order valence-electron chi connectivity index (χ3n) is 6.78. The van der Waals surface area contributed by atoms with Crippen LogP contribution >= 0.6 is 0 Å². The van der Waals surface area contributed by atoms with E-state index in [4.69, 9.17) is 14.6 Å². The summed E-state index contributed by atoms with van der Waals surface area (Å²) < 4.78 is 11.3. The maximum Gasteiger partial charge on any atom is 0.304 e. The zero-order valence-corrected chi connectivity index (χ0v) is 21.2. The fourth-order valence-corrected chi connectivity index (χ4v) is 4.69. The summed E-state index contributed by atoms with van der Waals surface area (Å²) >= 11 is 0. The van der Waals surface area contributed by atoms with Gasteiger partial charge in [0.05, 0.1) is 13.5 Å². The van der Waals surface area contributed by atoms with E-state index in [0.717, 1.165) is 55.1 Å². The van der Waals surface area contributed by atoms with Crippen LogP contribution in [0.3, 0.4) is 0 Å². The number of fused-ring (bicyclic) bond motifs is 1. The van der Waals surface area contributed by atoms with E-state index in [1.807, 2.05) is 43.3 Å². The highest BCUT2D eigenvalue weighted by molar-refractivity contribution is 5.68. The molecule has 0 saturated carbocycles. The zero-order chi connectivity index (χ0) is 25.3. The van der Waals surface area contributed by atoms with Gasteiger partial charge in [-0.25, -0.2) is 0 Å². The third-order valence-corrected chi connectivity index (χ3v) is 6.78. The fourth-order valence-electron chi connectivity index (χ4n) is 4.69. The lowest BCUT2D eigenvalue weighted by molar-refractivity contribution is -0.137. The second-order valence-electron chi connectivity index (χ2n) is 9.32. The number of hydrogen-bond donors (Lipinski definition) is 1. The van der Waals surface area contributed by atoms with E-state index in [1.54, 1.807) is 7.11 Å². The number of allylic oxidation sites excluding steroid dienone is 2. The predicted molar refractivity (Wildman–Crippen MR) is 143 cm³/mol. The second-order valence-corrected chi connectivity index (χ2v) is 9.32. The van der Waals surface area contributed by atoms with E-state index in [-0.39, 0.29) is 12.3 Å². The molecular weight excluding hydrogens is 450 g/mol. The summed E-state index contributed by atoms with van der Waals surface area (Å²) in [6.07, 6.45) is 5.99. The van der Waals surface area contributed by atoms with Crippen molar-refractivity contribution < 1.29 is 19.4 Å². The molecule has 1 aliphatic heterocycles. The Morgan fingerprint density at radius 3 is 2.42 bits per heavy atom. The molecule has 1 atom stereocenters. The van der Waals surface area contributed by atoms with Crippen molar-refractivity contribution in [3.63, 3.8) is 0 Å². The van der Waals surface area contributed by atoms with Crippen LogP contribution < -0.4 is 9.47 Å². The van der Waals surface area contributed by atoms with Gasteiger partial charge in [-0.1, -0.05) is 54.6 Å². The molecule has 1 heterocycles. The maximum atomic E-state index is 11.1. The molecule has 1 N–H and O–H groups in total. The van der Waals surface area contributed by atoms with Crippen molar-refractivity contribution in [3.8, 4) is 11.5 Å². The highest BCUT2D eigenvalue weighted by Crippen LogP contribution is 2.25. The van der Waals surface area contributed by atoms with Crippen molar-refractivity contribution in [2.45, 2.75) is 45.3 Å². The minimum atomic E-state index is -0.802. The van der Waals surface area contributed by atoms with Gasteiger partial charge in [0.2, 0.25) is 0 Å².